The molecular weight excluding hydrogens is 248 g/mol. The van der Waals surface area contributed by atoms with Crippen LogP contribution in [0.3, 0.4) is 0 Å². The van der Waals surface area contributed by atoms with Gasteiger partial charge in [0.1, 0.15) is 0 Å². The average Bonchev–Trinajstić information content (AvgIpc) is 2.68. The van der Waals surface area contributed by atoms with Gasteiger partial charge in [0.15, 0.2) is 0 Å². The molecule has 0 radical (unpaired) electrons. The van der Waals surface area contributed by atoms with Gasteiger partial charge in [-0.1, -0.05) is 12.1 Å². The maximum absolute atomic E-state index is 11.9. The summed E-state index contributed by atoms with van der Waals surface area (Å²) < 4.78 is 0. The molecule has 0 unspecified atom stereocenters. The number of nitrogens with zero attached hydrogens (tertiary/aromatic N) is 1. The summed E-state index contributed by atoms with van der Waals surface area (Å²) in [4.78, 5) is 29.0. The first-order chi connectivity index (χ1) is 9.25. The molecule has 2 amide bonds. The van der Waals surface area contributed by atoms with Gasteiger partial charge >= 0.3 is 0 Å². The Bertz CT molecular complexity index is 440. The number of rotatable bonds is 7. The molecule has 2 rings (SSSR count). The minimum Gasteiger partial charge on any atom is -0.395 e. The van der Waals surface area contributed by atoms with Gasteiger partial charge in [-0.25, -0.2) is 0 Å². The molecule has 1 aliphatic rings. The fraction of sp³-hybridized carbons (Fsp3) is 0.385. The molecule has 0 aromatic heterocycles. The van der Waals surface area contributed by atoms with Crippen LogP contribution in [0.1, 0.15) is 27.1 Å². The van der Waals surface area contributed by atoms with Gasteiger partial charge in [0.2, 0.25) is 0 Å². The van der Waals surface area contributed by atoms with Crippen molar-refractivity contribution in [3.63, 3.8) is 0 Å². The minimum absolute atomic E-state index is 0.0826. The number of aliphatic hydroxyl groups excluding tert-OH is 1. The van der Waals surface area contributed by atoms with E-state index in [0.29, 0.717) is 30.6 Å². The van der Waals surface area contributed by atoms with Gasteiger partial charge in [-0.2, -0.15) is 0 Å². The van der Waals surface area contributed by atoms with Crippen LogP contribution >= 0.6 is 0 Å². The molecule has 0 saturated carbocycles. The number of nitrogens with one attached hydrogen (secondary N) is 1. The van der Waals surface area contributed by atoms with Crippen LogP contribution in [-0.2, 0) is 4.84 Å². The highest BCUT2D eigenvalue weighted by molar-refractivity contribution is 6.20. The van der Waals surface area contributed by atoms with Crippen LogP contribution in [0, 0.1) is 0 Å². The minimum atomic E-state index is -0.413. The molecule has 0 aliphatic carbocycles. The lowest BCUT2D eigenvalue weighted by molar-refractivity contribution is -0.0917. The van der Waals surface area contributed by atoms with E-state index in [2.05, 4.69) is 5.32 Å². The lowest BCUT2D eigenvalue weighted by Crippen LogP contribution is -2.31. The van der Waals surface area contributed by atoms with Crippen molar-refractivity contribution >= 4 is 11.8 Å². The number of hydroxylamine groups is 2. The predicted molar refractivity (Wildman–Crippen MR) is 67.5 cm³/mol. The zero-order chi connectivity index (χ0) is 13.7. The third-order valence-corrected chi connectivity index (χ3v) is 2.76. The monoisotopic (exact) mass is 264 g/mol. The fourth-order valence-corrected chi connectivity index (χ4v) is 1.84. The standard InChI is InChI=1S/C13H16N2O4/c16-8-7-14-6-3-9-19-15-12(17)10-4-1-2-5-11(10)13(15)18/h1-2,4-5,14,16H,3,6-9H2. The highest BCUT2D eigenvalue weighted by Gasteiger charge is 2.36. The van der Waals surface area contributed by atoms with Gasteiger partial charge in [0.05, 0.1) is 24.3 Å². The molecule has 1 aromatic carbocycles. The summed E-state index contributed by atoms with van der Waals surface area (Å²) in [5.74, 6) is -0.826. The molecule has 0 atom stereocenters. The van der Waals surface area contributed by atoms with Crippen LogP contribution < -0.4 is 5.32 Å². The Morgan fingerprint density at radius 3 is 2.32 bits per heavy atom. The second-order valence-electron chi connectivity index (χ2n) is 4.11. The van der Waals surface area contributed by atoms with E-state index in [1.165, 1.54) is 0 Å². The van der Waals surface area contributed by atoms with Crippen molar-refractivity contribution in [1.29, 1.82) is 0 Å². The number of carbonyl (C=O) groups is 2. The topological polar surface area (TPSA) is 78.9 Å². The number of carbonyl (C=O) groups excluding carboxylic acids is 2. The first-order valence-electron chi connectivity index (χ1n) is 6.18. The molecule has 6 heteroatoms. The second-order valence-corrected chi connectivity index (χ2v) is 4.11. The molecule has 102 valence electrons. The predicted octanol–water partition coefficient (Wildman–Crippen LogP) is 0.186. The van der Waals surface area contributed by atoms with Crippen LogP contribution in [0.2, 0.25) is 0 Å². The van der Waals surface area contributed by atoms with E-state index in [1.54, 1.807) is 24.3 Å². The van der Waals surface area contributed by atoms with Crippen LogP contribution in [-0.4, -0.2) is 48.3 Å². The van der Waals surface area contributed by atoms with Gasteiger partial charge in [-0.05, 0) is 25.1 Å². The van der Waals surface area contributed by atoms with Crippen molar-refractivity contribution in [1.82, 2.24) is 10.4 Å². The number of amides is 2. The highest BCUT2D eigenvalue weighted by atomic mass is 16.7. The number of imide groups is 1. The summed E-state index contributed by atoms with van der Waals surface area (Å²) >= 11 is 0. The molecule has 1 aromatic rings. The lowest BCUT2D eigenvalue weighted by atomic mass is 10.1. The number of benzene rings is 1. The van der Waals surface area contributed by atoms with Crippen molar-refractivity contribution in [2.75, 3.05) is 26.3 Å². The smallest absolute Gasteiger partial charge is 0.285 e. The van der Waals surface area contributed by atoms with Crippen molar-refractivity contribution in [2.24, 2.45) is 0 Å². The molecule has 0 bridgehead atoms. The zero-order valence-corrected chi connectivity index (χ0v) is 10.5. The summed E-state index contributed by atoms with van der Waals surface area (Å²) in [6.45, 7) is 1.53. The summed E-state index contributed by atoms with van der Waals surface area (Å²) in [6.07, 6.45) is 0.646. The van der Waals surface area contributed by atoms with Gasteiger partial charge < -0.3 is 10.4 Å². The summed E-state index contributed by atoms with van der Waals surface area (Å²) in [5.41, 5.74) is 0.761. The van der Waals surface area contributed by atoms with E-state index < -0.39 is 11.8 Å². The molecule has 0 fully saturated rings. The Morgan fingerprint density at radius 1 is 1.11 bits per heavy atom. The molecule has 2 N–H and O–H groups in total. The van der Waals surface area contributed by atoms with Gasteiger partial charge in [0.25, 0.3) is 11.8 Å². The number of aliphatic hydroxyl groups is 1. The number of hydrogen-bond acceptors (Lipinski definition) is 5. The van der Waals surface area contributed by atoms with E-state index in [4.69, 9.17) is 9.94 Å². The van der Waals surface area contributed by atoms with Crippen molar-refractivity contribution in [3.8, 4) is 0 Å². The first kappa shape index (κ1) is 13.7. The number of fused-ring (bicyclic) bond motifs is 1. The highest BCUT2D eigenvalue weighted by Crippen LogP contribution is 2.22. The van der Waals surface area contributed by atoms with E-state index >= 15 is 0 Å². The van der Waals surface area contributed by atoms with Crippen molar-refractivity contribution < 1.29 is 19.5 Å². The third-order valence-electron chi connectivity index (χ3n) is 2.76. The third kappa shape index (κ3) is 2.98. The Balaban J connectivity index is 1.83. The van der Waals surface area contributed by atoms with E-state index in [0.717, 1.165) is 5.06 Å². The molecule has 0 spiro atoms. The maximum Gasteiger partial charge on any atom is 0.285 e. The van der Waals surface area contributed by atoms with Crippen LogP contribution in [0.25, 0.3) is 0 Å². The summed E-state index contributed by atoms with van der Waals surface area (Å²) in [7, 11) is 0. The van der Waals surface area contributed by atoms with E-state index in [1.807, 2.05) is 0 Å². The molecule has 19 heavy (non-hydrogen) atoms. The molecule has 0 saturated heterocycles. The Hall–Kier alpha value is -1.76. The average molecular weight is 264 g/mol. The molecule has 1 heterocycles. The largest absolute Gasteiger partial charge is 0.395 e. The Kier molecular flexibility index (Phi) is 4.62. The van der Waals surface area contributed by atoms with Crippen molar-refractivity contribution in [3.05, 3.63) is 35.4 Å². The lowest BCUT2D eigenvalue weighted by Gasteiger charge is -2.13. The van der Waals surface area contributed by atoms with Crippen LogP contribution in [0.15, 0.2) is 24.3 Å². The Morgan fingerprint density at radius 2 is 1.74 bits per heavy atom. The maximum atomic E-state index is 11.9. The first-order valence-corrected chi connectivity index (χ1v) is 6.18. The fourth-order valence-electron chi connectivity index (χ4n) is 1.84. The summed E-state index contributed by atoms with van der Waals surface area (Å²) in [5, 5.41) is 12.4. The van der Waals surface area contributed by atoms with Crippen LogP contribution in [0.4, 0.5) is 0 Å². The molecule has 6 nitrogen and oxygen atoms in total. The zero-order valence-electron chi connectivity index (χ0n) is 10.5. The SMILES string of the molecule is O=C1c2ccccc2C(=O)N1OCCCNCCO. The quantitative estimate of drug-likeness (QED) is 0.543. The van der Waals surface area contributed by atoms with Gasteiger partial charge in [-0.15, -0.1) is 5.06 Å². The van der Waals surface area contributed by atoms with Crippen molar-refractivity contribution in [2.45, 2.75) is 6.42 Å². The summed E-state index contributed by atoms with van der Waals surface area (Å²) in [6, 6.07) is 6.65. The Labute approximate surface area is 110 Å². The van der Waals surface area contributed by atoms with E-state index in [-0.39, 0.29) is 13.2 Å². The molecule has 1 aliphatic heterocycles. The van der Waals surface area contributed by atoms with Gasteiger partial charge in [0, 0.05) is 6.54 Å². The molecular formula is C13H16N2O4. The second kappa shape index (κ2) is 6.42. The van der Waals surface area contributed by atoms with E-state index in [9.17, 15) is 9.59 Å². The van der Waals surface area contributed by atoms with Gasteiger partial charge in [-0.3, -0.25) is 14.4 Å². The number of hydrogen-bond donors (Lipinski definition) is 2. The normalized spacial score (nSPS) is 14.1. The van der Waals surface area contributed by atoms with Crippen LogP contribution in [0.5, 0.6) is 0 Å².